The van der Waals surface area contributed by atoms with Crippen molar-refractivity contribution in [3.8, 4) is 0 Å². The van der Waals surface area contributed by atoms with Gasteiger partial charge in [0.2, 0.25) is 5.91 Å². The van der Waals surface area contributed by atoms with Crippen LogP contribution in [0.5, 0.6) is 0 Å². The highest BCUT2D eigenvalue weighted by Crippen LogP contribution is 2.33. The zero-order chi connectivity index (χ0) is 16.9. The zero-order valence-electron chi connectivity index (χ0n) is 14.2. The highest BCUT2D eigenvalue weighted by Gasteiger charge is 2.34. The fraction of sp³-hybridized carbons (Fsp3) is 0.684. The Labute approximate surface area is 143 Å². The van der Waals surface area contributed by atoms with Crippen molar-refractivity contribution in [1.82, 2.24) is 4.90 Å². The zero-order valence-corrected chi connectivity index (χ0v) is 14.2. The lowest BCUT2D eigenvalue weighted by molar-refractivity contribution is -0.147. The van der Waals surface area contributed by atoms with Crippen molar-refractivity contribution in [3.05, 3.63) is 24.2 Å². The van der Waals surface area contributed by atoms with E-state index in [4.69, 9.17) is 9.52 Å². The van der Waals surface area contributed by atoms with E-state index in [1.807, 2.05) is 6.07 Å². The van der Waals surface area contributed by atoms with E-state index in [1.165, 1.54) is 19.3 Å². The maximum Gasteiger partial charge on any atom is 0.306 e. The third-order valence-corrected chi connectivity index (χ3v) is 5.66. The molecule has 0 unspecified atom stereocenters. The molecule has 0 atom stereocenters. The Morgan fingerprint density at radius 3 is 2.29 bits per heavy atom. The van der Waals surface area contributed by atoms with Gasteiger partial charge in [0, 0.05) is 24.1 Å². The van der Waals surface area contributed by atoms with Crippen LogP contribution in [-0.2, 0) is 16.1 Å². The molecule has 5 heteroatoms. The van der Waals surface area contributed by atoms with E-state index in [-0.39, 0.29) is 17.7 Å². The maximum atomic E-state index is 13.1. The molecule has 1 aromatic rings. The van der Waals surface area contributed by atoms with E-state index >= 15 is 0 Å². The van der Waals surface area contributed by atoms with Crippen molar-refractivity contribution >= 4 is 11.9 Å². The van der Waals surface area contributed by atoms with Crippen LogP contribution in [0.1, 0.15) is 63.4 Å². The lowest BCUT2D eigenvalue weighted by Crippen LogP contribution is -2.45. The summed E-state index contributed by atoms with van der Waals surface area (Å²) >= 11 is 0. The normalized spacial score (nSPS) is 25.3. The number of furan rings is 1. The molecule has 2 fully saturated rings. The van der Waals surface area contributed by atoms with Gasteiger partial charge in [-0.05, 0) is 44.6 Å². The van der Waals surface area contributed by atoms with E-state index in [9.17, 15) is 9.59 Å². The molecule has 1 aromatic heterocycles. The van der Waals surface area contributed by atoms with Gasteiger partial charge < -0.3 is 14.4 Å². The minimum atomic E-state index is -0.719. The molecule has 2 aliphatic carbocycles. The summed E-state index contributed by atoms with van der Waals surface area (Å²) in [6, 6.07) is 2.24. The fourth-order valence-electron chi connectivity index (χ4n) is 4.18. The number of aliphatic carboxylic acids is 1. The highest BCUT2D eigenvalue weighted by atomic mass is 16.4. The maximum absolute atomic E-state index is 13.1. The number of rotatable bonds is 5. The second-order valence-corrected chi connectivity index (χ2v) is 7.28. The molecule has 24 heavy (non-hydrogen) atoms. The van der Waals surface area contributed by atoms with Gasteiger partial charge in [-0.25, -0.2) is 0 Å². The van der Waals surface area contributed by atoms with Crippen molar-refractivity contribution in [2.24, 2.45) is 11.8 Å². The van der Waals surface area contributed by atoms with Crippen LogP contribution in [0.2, 0.25) is 0 Å². The Morgan fingerprint density at radius 1 is 1.04 bits per heavy atom. The standard InChI is InChI=1S/C19H27NO4/c21-18(15-6-8-16(9-7-15)19(22)23)20(12-14-10-11-24-13-14)17-4-2-1-3-5-17/h10-11,13,15-17H,1-9,12H2,(H,22,23). The van der Waals surface area contributed by atoms with Gasteiger partial charge in [0.05, 0.1) is 18.4 Å². The molecule has 2 aliphatic rings. The van der Waals surface area contributed by atoms with Crippen molar-refractivity contribution in [1.29, 1.82) is 0 Å². The smallest absolute Gasteiger partial charge is 0.306 e. The molecule has 0 radical (unpaired) electrons. The molecule has 0 bridgehead atoms. The Morgan fingerprint density at radius 2 is 1.71 bits per heavy atom. The highest BCUT2D eigenvalue weighted by molar-refractivity contribution is 5.80. The Hall–Kier alpha value is -1.78. The first-order chi connectivity index (χ1) is 11.6. The minimum absolute atomic E-state index is 0.0190. The first-order valence-corrected chi connectivity index (χ1v) is 9.19. The summed E-state index contributed by atoms with van der Waals surface area (Å²) in [4.78, 5) is 26.3. The molecule has 0 spiro atoms. The van der Waals surface area contributed by atoms with E-state index < -0.39 is 5.97 Å². The number of carboxylic acid groups (broad SMARTS) is 1. The predicted molar refractivity (Wildman–Crippen MR) is 89.2 cm³/mol. The first kappa shape index (κ1) is 17.1. The van der Waals surface area contributed by atoms with Gasteiger partial charge in [0.15, 0.2) is 0 Å². The fourth-order valence-corrected chi connectivity index (χ4v) is 4.18. The SMILES string of the molecule is O=C(O)C1CCC(C(=O)N(Cc2ccoc2)C2CCCCC2)CC1. The molecule has 0 saturated heterocycles. The molecule has 1 amide bonds. The Balaban J connectivity index is 1.67. The van der Waals surface area contributed by atoms with Crippen molar-refractivity contribution in [2.45, 2.75) is 70.4 Å². The molecular weight excluding hydrogens is 306 g/mol. The number of nitrogens with zero attached hydrogens (tertiary/aromatic N) is 1. The summed E-state index contributed by atoms with van der Waals surface area (Å²) in [5, 5.41) is 9.14. The van der Waals surface area contributed by atoms with Gasteiger partial charge >= 0.3 is 5.97 Å². The summed E-state index contributed by atoms with van der Waals surface area (Å²) in [6.07, 6.45) is 11.8. The average Bonchev–Trinajstić information content (AvgIpc) is 3.13. The molecule has 2 saturated carbocycles. The monoisotopic (exact) mass is 333 g/mol. The molecule has 5 nitrogen and oxygen atoms in total. The van der Waals surface area contributed by atoms with Crippen LogP contribution in [0.25, 0.3) is 0 Å². The summed E-state index contributed by atoms with van der Waals surface area (Å²) < 4.78 is 5.17. The quantitative estimate of drug-likeness (QED) is 0.889. The second kappa shape index (κ2) is 7.86. The molecular formula is C19H27NO4. The van der Waals surface area contributed by atoms with Crippen LogP contribution >= 0.6 is 0 Å². The van der Waals surface area contributed by atoms with Crippen LogP contribution in [0.3, 0.4) is 0 Å². The first-order valence-electron chi connectivity index (χ1n) is 9.19. The van der Waals surface area contributed by atoms with E-state index in [0.29, 0.717) is 38.3 Å². The van der Waals surface area contributed by atoms with Crippen molar-refractivity contribution in [3.63, 3.8) is 0 Å². The lowest BCUT2D eigenvalue weighted by atomic mass is 9.81. The van der Waals surface area contributed by atoms with Crippen molar-refractivity contribution in [2.75, 3.05) is 0 Å². The van der Waals surface area contributed by atoms with Crippen LogP contribution in [0, 0.1) is 11.8 Å². The topological polar surface area (TPSA) is 70.8 Å². The van der Waals surface area contributed by atoms with E-state index in [2.05, 4.69) is 4.90 Å². The summed E-state index contributed by atoms with van der Waals surface area (Å²) in [5.74, 6) is -0.796. The number of carboxylic acids is 1. The third kappa shape index (κ3) is 4.00. The van der Waals surface area contributed by atoms with Gasteiger partial charge in [-0.15, -0.1) is 0 Å². The number of hydrogen-bond donors (Lipinski definition) is 1. The predicted octanol–water partition coefficient (Wildman–Crippen LogP) is 3.83. The lowest BCUT2D eigenvalue weighted by Gasteiger charge is -2.38. The second-order valence-electron chi connectivity index (χ2n) is 7.28. The van der Waals surface area contributed by atoms with Crippen LogP contribution in [-0.4, -0.2) is 27.9 Å². The van der Waals surface area contributed by atoms with Gasteiger partial charge in [-0.3, -0.25) is 9.59 Å². The van der Waals surface area contributed by atoms with E-state index in [0.717, 1.165) is 18.4 Å². The number of amides is 1. The van der Waals surface area contributed by atoms with Crippen LogP contribution in [0.15, 0.2) is 23.0 Å². The molecule has 3 rings (SSSR count). The van der Waals surface area contributed by atoms with Gasteiger partial charge in [-0.2, -0.15) is 0 Å². The Kier molecular flexibility index (Phi) is 5.59. The summed E-state index contributed by atoms with van der Waals surface area (Å²) in [5.41, 5.74) is 1.04. The van der Waals surface area contributed by atoms with Crippen molar-refractivity contribution < 1.29 is 19.1 Å². The number of carbonyl (C=O) groups excluding carboxylic acids is 1. The molecule has 0 aromatic carbocycles. The minimum Gasteiger partial charge on any atom is -0.481 e. The van der Waals surface area contributed by atoms with E-state index in [1.54, 1.807) is 12.5 Å². The molecule has 0 aliphatic heterocycles. The average molecular weight is 333 g/mol. The largest absolute Gasteiger partial charge is 0.481 e. The summed E-state index contributed by atoms with van der Waals surface area (Å²) in [7, 11) is 0. The Bertz CT molecular complexity index is 540. The van der Waals surface area contributed by atoms with Crippen LogP contribution < -0.4 is 0 Å². The number of carbonyl (C=O) groups is 2. The molecule has 1 heterocycles. The summed E-state index contributed by atoms with van der Waals surface area (Å²) in [6.45, 7) is 0.610. The van der Waals surface area contributed by atoms with Gasteiger partial charge in [0.1, 0.15) is 0 Å². The van der Waals surface area contributed by atoms with Gasteiger partial charge in [0.25, 0.3) is 0 Å². The third-order valence-electron chi connectivity index (χ3n) is 5.66. The molecule has 132 valence electrons. The van der Waals surface area contributed by atoms with Crippen LogP contribution in [0.4, 0.5) is 0 Å². The number of hydrogen-bond acceptors (Lipinski definition) is 3. The molecule has 1 N–H and O–H groups in total. The van der Waals surface area contributed by atoms with Gasteiger partial charge in [-0.1, -0.05) is 19.3 Å².